The minimum Gasteiger partial charge on any atom is -0.508 e. The minimum atomic E-state index is 0.331. The van der Waals surface area contributed by atoms with Crippen molar-refractivity contribution < 1.29 is 5.11 Å². The predicted molar refractivity (Wildman–Crippen MR) is 42.9 cm³/mol. The van der Waals surface area contributed by atoms with Crippen LogP contribution in [0.1, 0.15) is 11.1 Å². The van der Waals surface area contributed by atoms with Gasteiger partial charge in [-0.05, 0) is 24.1 Å². The van der Waals surface area contributed by atoms with Crippen LogP contribution < -0.4 is 0 Å². The topological polar surface area (TPSA) is 20.2 Å². The molecule has 1 aromatic carbocycles. The third-order valence-corrected chi connectivity index (χ3v) is 1.57. The fourth-order valence-electron chi connectivity index (χ4n) is 0.862. The van der Waals surface area contributed by atoms with Gasteiger partial charge in [0.25, 0.3) is 0 Å². The summed E-state index contributed by atoms with van der Waals surface area (Å²) in [5.41, 5.74) is 1.87. The van der Waals surface area contributed by atoms with Crippen molar-refractivity contribution in [3.63, 3.8) is 0 Å². The molecule has 0 saturated heterocycles. The fraction of sp³-hybridized carbons (Fsp3) is 0.111. The first-order valence-corrected chi connectivity index (χ1v) is 3.16. The van der Waals surface area contributed by atoms with Crippen molar-refractivity contribution in [2.75, 3.05) is 0 Å². The summed E-state index contributed by atoms with van der Waals surface area (Å²) in [7, 11) is 0. The van der Waals surface area contributed by atoms with Crippen LogP contribution in [-0.4, -0.2) is 5.11 Å². The van der Waals surface area contributed by atoms with Crippen molar-refractivity contribution in [2.45, 2.75) is 6.92 Å². The molecule has 0 aliphatic heterocycles. The van der Waals surface area contributed by atoms with E-state index in [-0.39, 0.29) is 0 Å². The number of hydrogen-bond acceptors (Lipinski definition) is 1. The van der Waals surface area contributed by atoms with E-state index in [1.54, 1.807) is 18.2 Å². The first-order chi connectivity index (χ1) is 4.75. The highest BCUT2D eigenvalue weighted by molar-refractivity contribution is 5.55. The lowest BCUT2D eigenvalue weighted by atomic mass is 10.1. The molecule has 0 atom stereocenters. The van der Waals surface area contributed by atoms with Crippen LogP contribution in [0.25, 0.3) is 6.08 Å². The Balaban J connectivity index is 3.27. The van der Waals surface area contributed by atoms with Crippen LogP contribution in [0, 0.1) is 6.92 Å². The average molecular weight is 134 g/mol. The van der Waals surface area contributed by atoms with Gasteiger partial charge in [0, 0.05) is 0 Å². The second-order valence-corrected chi connectivity index (χ2v) is 2.20. The Bertz CT molecular complexity index is 251. The summed E-state index contributed by atoms with van der Waals surface area (Å²) >= 11 is 0. The summed E-state index contributed by atoms with van der Waals surface area (Å²) in [5.74, 6) is 0.331. The second kappa shape index (κ2) is 2.56. The van der Waals surface area contributed by atoms with Crippen molar-refractivity contribution in [1.82, 2.24) is 0 Å². The Morgan fingerprint density at radius 1 is 1.50 bits per heavy atom. The van der Waals surface area contributed by atoms with E-state index < -0.39 is 0 Å². The Hall–Kier alpha value is -1.24. The molecule has 1 N–H and O–H groups in total. The molecule has 0 saturated carbocycles. The number of hydrogen-bond donors (Lipinski definition) is 1. The number of benzene rings is 1. The van der Waals surface area contributed by atoms with Gasteiger partial charge in [-0.15, -0.1) is 0 Å². The van der Waals surface area contributed by atoms with E-state index in [9.17, 15) is 5.11 Å². The van der Waals surface area contributed by atoms with Crippen molar-refractivity contribution in [3.8, 4) is 5.75 Å². The summed E-state index contributed by atoms with van der Waals surface area (Å²) < 4.78 is 0. The van der Waals surface area contributed by atoms with E-state index in [4.69, 9.17) is 0 Å². The van der Waals surface area contributed by atoms with E-state index in [1.165, 1.54) is 0 Å². The lowest BCUT2D eigenvalue weighted by molar-refractivity contribution is 0.471. The Kier molecular flexibility index (Phi) is 1.76. The molecule has 1 heteroatoms. The molecule has 0 radical (unpaired) electrons. The molecule has 0 unspecified atom stereocenters. The van der Waals surface area contributed by atoms with Crippen LogP contribution in [0.2, 0.25) is 0 Å². The summed E-state index contributed by atoms with van der Waals surface area (Å²) in [6, 6.07) is 5.39. The lowest BCUT2D eigenvalue weighted by Gasteiger charge is -2.00. The number of phenolic OH excluding ortho intramolecular Hbond substituents is 1. The molecule has 0 aliphatic rings. The van der Waals surface area contributed by atoms with Gasteiger partial charge in [0.2, 0.25) is 0 Å². The highest BCUT2D eigenvalue weighted by Crippen LogP contribution is 2.19. The van der Waals surface area contributed by atoms with E-state index >= 15 is 0 Å². The molecule has 0 bridgehead atoms. The van der Waals surface area contributed by atoms with E-state index in [2.05, 4.69) is 6.58 Å². The summed E-state index contributed by atoms with van der Waals surface area (Å²) in [4.78, 5) is 0. The van der Waals surface area contributed by atoms with Crippen LogP contribution in [0.5, 0.6) is 5.75 Å². The fourth-order valence-corrected chi connectivity index (χ4v) is 0.862. The van der Waals surface area contributed by atoms with Gasteiger partial charge < -0.3 is 5.11 Å². The lowest BCUT2D eigenvalue weighted by Crippen LogP contribution is -1.78. The zero-order chi connectivity index (χ0) is 7.56. The zero-order valence-corrected chi connectivity index (χ0v) is 5.96. The summed E-state index contributed by atoms with van der Waals surface area (Å²) in [6.45, 7) is 5.49. The molecule has 0 heterocycles. The van der Waals surface area contributed by atoms with Gasteiger partial charge in [-0.25, -0.2) is 0 Å². The van der Waals surface area contributed by atoms with Crippen molar-refractivity contribution in [3.05, 3.63) is 35.9 Å². The van der Waals surface area contributed by atoms with E-state index in [1.807, 2.05) is 13.0 Å². The van der Waals surface area contributed by atoms with Crippen molar-refractivity contribution in [1.29, 1.82) is 0 Å². The van der Waals surface area contributed by atoms with Gasteiger partial charge in [0.15, 0.2) is 0 Å². The van der Waals surface area contributed by atoms with Gasteiger partial charge in [-0.2, -0.15) is 0 Å². The van der Waals surface area contributed by atoms with Gasteiger partial charge in [0.05, 0.1) is 0 Å². The monoisotopic (exact) mass is 134 g/mol. The van der Waals surface area contributed by atoms with Gasteiger partial charge >= 0.3 is 0 Å². The molecule has 0 spiro atoms. The zero-order valence-electron chi connectivity index (χ0n) is 5.96. The molecule has 0 amide bonds. The van der Waals surface area contributed by atoms with Gasteiger partial charge in [0.1, 0.15) is 5.75 Å². The third-order valence-electron chi connectivity index (χ3n) is 1.57. The number of rotatable bonds is 1. The highest BCUT2D eigenvalue weighted by Gasteiger charge is 1.96. The molecule has 0 aromatic heterocycles. The molecule has 0 aliphatic carbocycles. The minimum absolute atomic E-state index is 0.331. The largest absolute Gasteiger partial charge is 0.508 e. The standard InChI is InChI=1S/C9H10O/c1-3-8-5-4-6-9(10)7(8)2/h3-6,10H,1H2,2H3. The summed E-state index contributed by atoms with van der Waals surface area (Å²) in [5, 5.41) is 9.18. The Morgan fingerprint density at radius 2 is 2.20 bits per heavy atom. The maximum atomic E-state index is 9.18. The second-order valence-electron chi connectivity index (χ2n) is 2.20. The molecular formula is C9H10O. The van der Waals surface area contributed by atoms with Crippen LogP contribution >= 0.6 is 0 Å². The van der Waals surface area contributed by atoms with Crippen molar-refractivity contribution >= 4 is 6.08 Å². The van der Waals surface area contributed by atoms with E-state index in [0.717, 1.165) is 11.1 Å². The molecule has 52 valence electrons. The van der Waals surface area contributed by atoms with Crippen LogP contribution in [0.3, 0.4) is 0 Å². The predicted octanol–water partition coefficient (Wildman–Crippen LogP) is 2.34. The quantitative estimate of drug-likeness (QED) is 0.625. The molecule has 0 fully saturated rings. The summed E-state index contributed by atoms with van der Waals surface area (Å²) in [6.07, 6.45) is 1.73. The molecular weight excluding hydrogens is 124 g/mol. The van der Waals surface area contributed by atoms with Gasteiger partial charge in [-0.1, -0.05) is 24.8 Å². The third kappa shape index (κ3) is 1.03. The maximum absolute atomic E-state index is 9.18. The molecule has 1 aromatic rings. The van der Waals surface area contributed by atoms with Crippen LogP contribution in [0.15, 0.2) is 24.8 Å². The molecule has 1 nitrogen and oxygen atoms in total. The van der Waals surface area contributed by atoms with E-state index in [0.29, 0.717) is 5.75 Å². The molecule has 10 heavy (non-hydrogen) atoms. The van der Waals surface area contributed by atoms with Crippen molar-refractivity contribution in [2.24, 2.45) is 0 Å². The van der Waals surface area contributed by atoms with Gasteiger partial charge in [-0.3, -0.25) is 0 Å². The maximum Gasteiger partial charge on any atom is 0.119 e. The number of phenols is 1. The highest BCUT2D eigenvalue weighted by atomic mass is 16.3. The Labute approximate surface area is 60.6 Å². The molecule has 1 rings (SSSR count). The number of aromatic hydroxyl groups is 1. The van der Waals surface area contributed by atoms with Crippen LogP contribution in [0.4, 0.5) is 0 Å². The first-order valence-electron chi connectivity index (χ1n) is 3.16. The average Bonchev–Trinajstić information content (AvgIpc) is 1.95. The smallest absolute Gasteiger partial charge is 0.119 e. The first kappa shape index (κ1) is 6.87. The van der Waals surface area contributed by atoms with Crippen LogP contribution in [-0.2, 0) is 0 Å². The normalized spacial score (nSPS) is 9.30. The Morgan fingerprint density at radius 3 is 2.70 bits per heavy atom. The SMILES string of the molecule is C=Cc1cccc(O)c1C.